The predicted octanol–water partition coefficient (Wildman–Crippen LogP) is 4.45. The van der Waals surface area contributed by atoms with E-state index < -0.39 is 0 Å². The molecule has 102 valence electrons. The van der Waals surface area contributed by atoms with E-state index in [1.54, 1.807) is 11.3 Å². The van der Waals surface area contributed by atoms with Gasteiger partial charge in [0.1, 0.15) is 5.82 Å². The number of nitrogens with one attached hydrogen (secondary N) is 1. The summed E-state index contributed by atoms with van der Waals surface area (Å²) in [5, 5.41) is 0. The maximum absolute atomic E-state index is 5.58. The Bertz CT molecular complexity index is 591. The molecule has 0 aliphatic rings. The molecule has 2 aromatic rings. The van der Waals surface area contributed by atoms with Crippen LogP contribution >= 0.6 is 43.2 Å². The normalized spacial score (nSPS) is 11.1. The average molecular weight is 406 g/mol. The number of rotatable bonds is 3. The molecule has 0 saturated carbocycles. The topological polar surface area (TPSA) is 63.8 Å². The highest BCUT2D eigenvalue weighted by molar-refractivity contribution is 9.13. The van der Waals surface area contributed by atoms with Crippen LogP contribution in [0.3, 0.4) is 0 Å². The fourth-order valence-electron chi connectivity index (χ4n) is 1.95. The molecule has 0 bridgehead atoms. The summed E-state index contributed by atoms with van der Waals surface area (Å²) in [6, 6.07) is 2.00. The number of aryl methyl sites for hydroxylation is 1. The SMILES string of the molecule is Cc1nc(-c2cc(Br)c(Br)s2)nc(NN)c1C(C)C. The lowest BCUT2D eigenvalue weighted by atomic mass is 10.0. The van der Waals surface area contributed by atoms with Crippen molar-refractivity contribution in [2.45, 2.75) is 26.7 Å². The van der Waals surface area contributed by atoms with Crippen molar-refractivity contribution in [2.24, 2.45) is 5.84 Å². The Morgan fingerprint density at radius 1 is 1.32 bits per heavy atom. The van der Waals surface area contributed by atoms with Crippen LogP contribution in [0.4, 0.5) is 5.82 Å². The van der Waals surface area contributed by atoms with Crippen molar-refractivity contribution in [3.05, 3.63) is 25.6 Å². The third-order valence-electron chi connectivity index (χ3n) is 2.72. The minimum absolute atomic E-state index is 0.321. The number of hydrazine groups is 1. The molecule has 0 atom stereocenters. The van der Waals surface area contributed by atoms with Crippen molar-refractivity contribution >= 4 is 49.0 Å². The molecule has 19 heavy (non-hydrogen) atoms. The molecule has 2 aromatic heterocycles. The van der Waals surface area contributed by atoms with Gasteiger partial charge >= 0.3 is 0 Å². The van der Waals surface area contributed by atoms with Crippen LogP contribution < -0.4 is 11.3 Å². The van der Waals surface area contributed by atoms with Crippen LogP contribution in [0.2, 0.25) is 0 Å². The minimum Gasteiger partial charge on any atom is -0.308 e. The van der Waals surface area contributed by atoms with Crippen molar-refractivity contribution in [2.75, 3.05) is 5.43 Å². The van der Waals surface area contributed by atoms with Crippen molar-refractivity contribution in [1.29, 1.82) is 0 Å². The van der Waals surface area contributed by atoms with Crippen LogP contribution in [0.5, 0.6) is 0 Å². The third-order valence-corrected chi connectivity index (χ3v) is 5.97. The van der Waals surface area contributed by atoms with Gasteiger partial charge < -0.3 is 5.43 Å². The summed E-state index contributed by atoms with van der Waals surface area (Å²) in [6.07, 6.45) is 0. The number of thiophene rings is 1. The molecular formula is C12H14Br2N4S. The van der Waals surface area contributed by atoms with Gasteiger partial charge in [-0.2, -0.15) is 0 Å². The molecule has 0 aliphatic carbocycles. The number of aromatic nitrogens is 2. The molecule has 3 N–H and O–H groups in total. The maximum Gasteiger partial charge on any atom is 0.172 e. The summed E-state index contributed by atoms with van der Waals surface area (Å²) < 4.78 is 2.03. The number of hydrogen-bond acceptors (Lipinski definition) is 5. The molecule has 0 aliphatic heterocycles. The molecule has 2 heterocycles. The van der Waals surface area contributed by atoms with E-state index >= 15 is 0 Å². The highest BCUT2D eigenvalue weighted by Crippen LogP contribution is 2.38. The molecule has 0 aromatic carbocycles. The summed E-state index contributed by atoms with van der Waals surface area (Å²) in [7, 11) is 0. The Morgan fingerprint density at radius 2 is 2.00 bits per heavy atom. The van der Waals surface area contributed by atoms with E-state index in [0.29, 0.717) is 17.6 Å². The molecule has 0 fully saturated rings. The van der Waals surface area contributed by atoms with E-state index in [1.165, 1.54) is 0 Å². The monoisotopic (exact) mass is 404 g/mol. The van der Waals surface area contributed by atoms with E-state index in [2.05, 4.69) is 61.1 Å². The van der Waals surface area contributed by atoms with Crippen LogP contribution in [0.15, 0.2) is 14.3 Å². The van der Waals surface area contributed by atoms with Gasteiger partial charge in [-0.3, -0.25) is 0 Å². The molecule has 4 nitrogen and oxygen atoms in total. The average Bonchev–Trinajstić information content (AvgIpc) is 2.68. The second-order valence-corrected chi connectivity index (χ2v) is 7.65. The zero-order valence-electron chi connectivity index (χ0n) is 10.8. The predicted molar refractivity (Wildman–Crippen MR) is 87.4 cm³/mol. The summed E-state index contributed by atoms with van der Waals surface area (Å²) in [5.41, 5.74) is 4.69. The Kier molecular flexibility index (Phi) is 4.60. The number of hydrogen-bond donors (Lipinski definition) is 2. The molecule has 0 unspecified atom stereocenters. The maximum atomic E-state index is 5.58. The van der Waals surface area contributed by atoms with E-state index in [0.717, 1.165) is 24.4 Å². The smallest absolute Gasteiger partial charge is 0.172 e. The van der Waals surface area contributed by atoms with Gasteiger partial charge in [-0.05, 0) is 50.8 Å². The van der Waals surface area contributed by atoms with Gasteiger partial charge in [0.15, 0.2) is 5.82 Å². The Labute approximate surface area is 133 Å². The highest BCUT2D eigenvalue weighted by atomic mass is 79.9. The fraction of sp³-hybridized carbons (Fsp3) is 0.333. The number of nitrogens with zero attached hydrogens (tertiary/aromatic N) is 2. The van der Waals surface area contributed by atoms with E-state index in [4.69, 9.17) is 5.84 Å². The van der Waals surface area contributed by atoms with Gasteiger partial charge in [-0.25, -0.2) is 15.8 Å². The zero-order chi connectivity index (χ0) is 14.2. The summed E-state index contributed by atoms with van der Waals surface area (Å²) >= 11 is 8.54. The first-order chi connectivity index (χ1) is 8.93. The molecule has 2 rings (SSSR count). The third kappa shape index (κ3) is 2.99. The first kappa shape index (κ1) is 14.9. The second kappa shape index (κ2) is 5.87. The van der Waals surface area contributed by atoms with Gasteiger partial charge in [0.05, 0.1) is 8.66 Å². The Hall–Kier alpha value is -0.500. The molecular weight excluding hydrogens is 392 g/mol. The van der Waals surface area contributed by atoms with Crippen LogP contribution in [0.25, 0.3) is 10.7 Å². The molecule has 0 radical (unpaired) electrons. The summed E-state index contributed by atoms with van der Waals surface area (Å²) in [4.78, 5) is 10.1. The lowest BCUT2D eigenvalue weighted by Crippen LogP contribution is -2.14. The van der Waals surface area contributed by atoms with E-state index in [1.807, 2.05) is 13.0 Å². The standard InChI is InChI=1S/C12H14Br2N4S/c1-5(2)9-6(3)16-11(17-12(9)18-15)8-4-7(13)10(14)19-8/h4-5H,15H2,1-3H3,(H,16,17,18). The quantitative estimate of drug-likeness (QED) is 0.584. The van der Waals surface area contributed by atoms with Crippen molar-refractivity contribution in [3.8, 4) is 10.7 Å². The Morgan fingerprint density at radius 3 is 2.47 bits per heavy atom. The molecule has 0 spiro atoms. The van der Waals surface area contributed by atoms with Gasteiger partial charge in [0, 0.05) is 15.7 Å². The lowest BCUT2D eigenvalue weighted by molar-refractivity contribution is 0.832. The zero-order valence-corrected chi connectivity index (χ0v) is 14.8. The minimum atomic E-state index is 0.321. The van der Waals surface area contributed by atoms with E-state index in [9.17, 15) is 0 Å². The van der Waals surface area contributed by atoms with Crippen molar-refractivity contribution in [3.63, 3.8) is 0 Å². The number of halogens is 2. The highest BCUT2D eigenvalue weighted by Gasteiger charge is 2.16. The van der Waals surface area contributed by atoms with Gasteiger partial charge in [0.25, 0.3) is 0 Å². The van der Waals surface area contributed by atoms with Gasteiger partial charge in [0.2, 0.25) is 0 Å². The van der Waals surface area contributed by atoms with Gasteiger partial charge in [-0.1, -0.05) is 13.8 Å². The Balaban J connectivity index is 2.57. The van der Waals surface area contributed by atoms with Crippen molar-refractivity contribution < 1.29 is 0 Å². The molecule has 0 amide bonds. The fourth-order valence-corrected chi connectivity index (χ4v) is 3.92. The van der Waals surface area contributed by atoms with Crippen LogP contribution in [0.1, 0.15) is 31.0 Å². The second-order valence-electron chi connectivity index (χ2n) is 4.43. The largest absolute Gasteiger partial charge is 0.308 e. The van der Waals surface area contributed by atoms with Crippen molar-refractivity contribution in [1.82, 2.24) is 9.97 Å². The molecule has 0 saturated heterocycles. The summed E-state index contributed by atoms with van der Waals surface area (Å²) in [5.74, 6) is 7.28. The number of nitrogens with two attached hydrogens (primary N) is 1. The van der Waals surface area contributed by atoms with Gasteiger partial charge in [-0.15, -0.1) is 11.3 Å². The summed E-state index contributed by atoms with van der Waals surface area (Å²) in [6.45, 7) is 6.19. The first-order valence-electron chi connectivity index (χ1n) is 5.74. The van der Waals surface area contributed by atoms with Crippen LogP contribution in [0, 0.1) is 6.92 Å². The van der Waals surface area contributed by atoms with Crippen LogP contribution in [-0.4, -0.2) is 9.97 Å². The molecule has 7 heteroatoms. The number of nitrogen functional groups attached to an aromatic ring is 1. The number of anilines is 1. The van der Waals surface area contributed by atoms with E-state index in [-0.39, 0.29) is 0 Å². The van der Waals surface area contributed by atoms with Crippen LogP contribution in [-0.2, 0) is 0 Å². The lowest BCUT2D eigenvalue weighted by Gasteiger charge is -2.14. The first-order valence-corrected chi connectivity index (χ1v) is 8.14.